The Bertz CT molecular complexity index is 173. The summed E-state index contributed by atoms with van der Waals surface area (Å²) >= 11 is 1.55. The fourth-order valence-electron chi connectivity index (χ4n) is 0.488. The Morgan fingerprint density at radius 2 is 2.62 bits per heavy atom. The molecule has 0 fully saturated rings. The number of rotatable bonds is 1. The van der Waals surface area contributed by atoms with E-state index >= 15 is 0 Å². The Morgan fingerprint density at radius 3 is 2.88 bits per heavy atom. The summed E-state index contributed by atoms with van der Waals surface area (Å²) in [5, 5.41) is 1.11. The van der Waals surface area contributed by atoms with Gasteiger partial charge in [-0.2, -0.15) is 0 Å². The van der Waals surface area contributed by atoms with Crippen LogP contribution in [0.2, 0.25) is 0 Å². The van der Waals surface area contributed by atoms with Crippen molar-refractivity contribution in [2.75, 3.05) is 0 Å². The SMILES string of the molecule is [B]c1cnc(CC)s1. The summed E-state index contributed by atoms with van der Waals surface area (Å²) in [6, 6.07) is 0. The van der Waals surface area contributed by atoms with Crippen molar-refractivity contribution in [2.24, 2.45) is 0 Å². The average molecular weight is 123 g/mol. The van der Waals surface area contributed by atoms with Gasteiger partial charge < -0.3 is 0 Å². The van der Waals surface area contributed by atoms with E-state index in [9.17, 15) is 0 Å². The second-order valence-corrected chi connectivity index (χ2v) is 2.66. The van der Waals surface area contributed by atoms with Crippen LogP contribution in [0.25, 0.3) is 0 Å². The van der Waals surface area contributed by atoms with Gasteiger partial charge in [0.25, 0.3) is 0 Å². The zero-order valence-electron chi connectivity index (χ0n) is 4.72. The van der Waals surface area contributed by atoms with Gasteiger partial charge >= 0.3 is 0 Å². The van der Waals surface area contributed by atoms with E-state index in [4.69, 9.17) is 7.85 Å². The fraction of sp³-hybridized carbons (Fsp3) is 0.400. The van der Waals surface area contributed by atoms with Crippen LogP contribution < -0.4 is 4.78 Å². The van der Waals surface area contributed by atoms with E-state index in [0.29, 0.717) is 0 Å². The van der Waals surface area contributed by atoms with Crippen LogP contribution in [-0.4, -0.2) is 12.8 Å². The standard InChI is InChI=1S/C5H6BNS/c1-2-5-7-3-4(6)8-5/h3H,2H2,1H3. The summed E-state index contributed by atoms with van der Waals surface area (Å²) in [6.07, 6.45) is 2.69. The molecule has 0 spiro atoms. The molecule has 0 aliphatic rings. The van der Waals surface area contributed by atoms with Crippen LogP contribution in [0.5, 0.6) is 0 Å². The van der Waals surface area contributed by atoms with Crippen molar-refractivity contribution in [3.63, 3.8) is 0 Å². The van der Waals surface area contributed by atoms with Crippen LogP contribution >= 0.6 is 11.3 Å². The molecular formula is C5H6BNS. The third-order valence-corrected chi connectivity index (χ3v) is 1.84. The molecule has 2 radical (unpaired) electrons. The van der Waals surface area contributed by atoms with E-state index in [1.807, 2.05) is 0 Å². The van der Waals surface area contributed by atoms with Crippen LogP contribution in [-0.2, 0) is 6.42 Å². The normalized spacial score (nSPS) is 9.62. The summed E-state index contributed by atoms with van der Waals surface area (Å²) in [5.41, 5.74) is 0. The van der Waals surface area contributed by atoms with Crippen molar-refractivity contribution in [3.05, 3.63) is 11.2 Å². The van der Waals surface area contributed by atoms with Crippen LogP contribution in [0.4, 0.5) is 0 Å². The molecule has 0 aromatic carbocycles. The van der Waals surface area contributed by atoms with Gasteiger partial charge in [-0.25, -0.2) is 0 Å². The molecule has 1 nitrogen and oxygen atoms in total. The molecule has 40 valence electrons. The average Bonchev–Trinajstić information content (AvgIpc) is 2.14. The van der Waals surface area contributed by atoms with E-state index in [2.05, 4.69) is 11.9 Å². The van der Waals surface area contributed by atoms with E-state index in [-0.39, 0.29) is 0 Å². The lowest BCUT2D eigenvalue weighted by Gasteiger charge is -1.78. The first-order valence-electron chi connectivity index (χ1n) is 2.53. The van der Waals surface area contributed by atoms with E-state index in [1.165, 1.54) is 0 Å². The monoisotopic (exact) mass is 123 g/mol. The van der Waals surface area contributed by atoms with Gasteiger partial charge in [0.1, 0.15) is 7.85 Å². The van der Waals surface area contributed by atoms with Crippen molar-refractivity contribution >= 4 is 24.0 Å². The maximum atomic E-state index is 5.41. The highest BCUT2D eigenvalue weighted by molar-refractivity contribution is 7.19. The molecule has 0 aliphatic carbocycles. The molecule has 0 bridgehead atoms. The van der Waals surface area contributed by atoms with E-state index in [0.717, 1.165) is 16.2 Å². The number of nitrogens with zero attached hydrogens (tertiary/aromatic N) is 1. The Kier molecular flexibility index (Phi) is 1.68. The van der Waals surface area contributed by atoms with Crippen molar-refractivity contribution in [1.29, 1.82) is 0 Å². The van der Waals surface area contributed by atoms with Gasteiger partial charge in [-0.1, -0.05) is 6.92 Å². The van der Waals surface area contributed by atoms with E-state index in [1.54, 1.807) is 17.5 Å². The Hall–Kier alpha value is -0.305. The lowest BCUT2D eigenvalue weighted by molar-refractivity contribution is 1.09. The highest BCUT2D eigenvalue weighted by atomic mass is 32.1. The lowest BCUT2D eigenvalue weighted by atomic mass is 10.1. The third kappa shape index (κ3) is 1.10. The number of hydrogen-bond donors (Lipinski definition) is 0. The van der Waals surface area contributed by atoms with Gasteiger partial charge in [-0.15, -0.1) is 11.3 Å². The maximum Gasteiger partial charge on any atom is 0.131 e. The van der Waals surface area contributed by atoms with Crippen molar-refractivity contribution in [1.82, 2.24) is 4.98 Å². The molecular weight excluding hydrogens is 117 g/mol. The first-order valence-corrected chi connectivity index (χ1v) is 3.34. The van der Waals surface area contributed by atoms with Gasteiger partial charge in [0, 0.05) is 6.20 Å². The first kappa shape index (κ1) is 5.82. The van der Waals surface area contributed by atoms with Crippen LogP contribution in [0.1, 0.15) is 11.9 Å². The van der Waals surface area contributed by atoms with Gasteiger partial charge in [-0.05, 0) is 11.2 Å². The Balaban J connectivity index is 2.84. The first-order chi connectivity index (χ1) is 3.83. The zero-order valence-corrected chi connectivity index (χ0v) is 5.53. The molecule has 1 rings (SSSR count). The minimum atomic E-state index is 0.807. The number of aromatic nitrogens is 1. The van der Waals surface area contributed by atoms with Crippen LogP contribution in [0, 0.1) is 0 Å². The van der Waals surface area contributed by atoms with E-state index < -0.39 is 0 Å². The number of thiazole rings is 1. The maximum absolute atomic E-state index is 5.41. The van der Waals surface area contributed by atoms with Gasteiger partial charge in [0.2, 0.25) is 0 Å². The molecule has 3 heteroatoms. The molecule has 8 heavy (non-hydrogen) atoms. The van der Waals surface area contributed by atoms with Crippen LogP contribution in [0.15, 0.2) is 6.20 Å². The zero-order chi connectivity index (χ0) is 5.98. The molecule has 0 unspecified atom stereocenters. The minimum absolute atomic E-state index is 0.807. The molecule has 0 N–H and O–H groups in total. The molecule has 0 aliphatic heterocycles. The summed E-state index contributed by atoms with van der Waals surface area (Å²) in [4.78, 5) is 4.03. The fourth-order valence-corrected chi connectivity index (χ4v) is 1.12. The molecule has 0 saturated carbocycles. The summed E-state index contributed by atoms with van der Waals surface area (Å²) < 4.78 is 0.807. The number of aryl methyl sites for hydroxylation is 1. The predicted octanol–water partition coefficient (Wildman–Crippen LogP) is 0.499. The summed E-state index contributed by atoms with van der Waals surface area (Å²) in [7, 11) is 5.41. The third-order valence-electron chi connectivity index (χ3n) is 0.874. The molecule has 0 saturated heterocycles. The molecule has 1 aromatic heterocycles. The van der Waals surface area contributed by atoms with Crippen molar-refractivity contribution < 1.29 is 0 Å². The summed E-state index contributed by atoms with van der Waals surface area (Å²) in [5.74, 6) is 0. The van der Waals surface area contributed by atoms with Crippen LogP contribution in [0.3, 0.4) is 0 Å². The number of hydrogen-bond acceptors (Lipinski definition) is 2. The molecule has 1 heterocycles. The highest BCUT2D eigenvalue weighted by Crippen LogP contribution is 1.99. The summed E-state index contributed by atoms with van der Waals surface area (Å²) in [6.45, 7) is 2.07. The van der Waals surface area contributed by atoms with Crippen molar-refractivity contribution in [2.45, 2.75) is 13.3 Å². The quantitative estimate of drug-likeness (QED) is 0.495. The predicted molar refractivity (Wildman–Crippen MR) is 36.9 cm³/mol. The van der Waals surface area contributed by atoms with Gasteiger partial charge in [-0.3, -0.25) is 4.98 Å². The molecule has 0 atom stereocenters. The van der Waals surface area contributed by atoms with Crippen molar-refractivity contribution in [3.8, 4) is 0 Å². The molecule has 1 aromatic rings. The lowest BCUT2D eigenvalue weighted by Crippen LogP contribution is -1.89. The Labute approximate surface area is 54.2 Å². The molecule has 0 amide bonds. The smallest absolute Gasteiger partial charge is 0.131 e. The second-order valence-electron chi connectivity index (χ2n) is 1.51. The largest absolute Gasteiger partial charge is 0.250 e. The highest BCUT2D eigenvalue weighted by Gasteiger charge is 1.91. The van der Waals surface area contributed by atoms with Gasteiger partial charge in [0.05, 0.1) is 5.01 Å². The topological polar surface area (TPSA) is 12.9 Å². The minimum Gasteiger partial charge on any atom is -0.250 e. The van der Waals surface area contributed by atoms with Gasteiger partial charge in [0.15, 0.2) is 0 Å². The Morgan fingerprint density at radius 1 is 1.88 bits per heavy atom. The second kappa shape index (κ2) is 2.31.